The molecule has 41 heavy (non-hydrogen) atoms. The van der Waals surface area contributed by atoms with Crippen LogP contribution in [0.5, 0.6) is 0 Å². The van der Waals surface area contributed by atoms with Crippen LogP contribution < -0.4 is 33.2 Å². The summed E-state index contributed by atoms with van der Waals surface area (Å²) in [5.41, 5.74) is 17.2. The molecule has 0 aromatic heterocycles. The molecule has 4 atom stereocenters. The Morgan fingerprint density at radius 3 is 1.68 bits per heavy atom. The molecule has 3 amide bonds. The summed E-state index contributed by atoms with van der Waals surface area (Å²) < 4.78 is 0. The van der Waals surface area contributed by atoms with Crippen molar-refractivity contribution in [2.24, 2.45) is 22.2 Å². The monoisotopic (exact) mass is 579 g/mol. The van der Waals surface area contributed by atoms with Gasteiger partial charge in [-0.3, -0.25) is 29.0 Å². The molecule has 0 heterocycles. The van der Waals surface area contributed by atoms with E-state index in [2.05, 4.69) is 20.9 Å². The van der Waals surface area contributed by atoms with Crippen molar-refractivity contribution in [1.29, 1.82) is 0 Å². The Hall–Kier alpha value is -4.73. The first kappa shape index (κ1) is 34.3. The Morgan fingerprint density at radius 2 is 1.22 bits per heavy atom. The largest absolute Gasteiger partial charge is 0.481 e. The van der Waals surface area contributed by atoms with Gasteiger partial charge in [0.15, 0.2) is 5.96 Å². The molecule has 0 aliphatic rings. The smallest absolute Gasteiger partial charge is 0.326 e. The number of nitrogens with two attached hydrogens (primary N) is 3. The molecule has 16 heteroatoms. The zero-order valence-corrected chi connectivity index (χ0v) is 22.3. The SMILES string of the molecule is NC(N)=NCCCC(NC(=O)C(CCC(=O)O)NC(=O)C(CCC(=O)O)NC(=O)C(N)Cc1ccccc1)C(=O)O. The van der Waals surface area contributed by atoms with Gasteiger partial charge < -0.3 is 48.5 Å². The number of carbonyl (C=O) groups is 6. The van der Waals surface area contributed by atoms with Gasteiger partial charge in [-0.25, -0.2) is 4.79 Å². The third kappa shape index (κ3) is 14.3. The summed E-state index contributed by atoms with van der Waals surface area (Å²) in [5, 5.41) is 34.6. The summed E-state index contributed by atoms with van der Waals surface area (Å²) in [6.07, 6.45) is -1.61. The first-order valence-electron chi connectivity index (χ1n) is 12.7. The lowest BCUT2D eigenvalue weighted by Gasteiger charge is -2.25. The van der Waals surface area contributed by atoms with Crippen molar-refractivity contribution in [1.82, 2.24) is 16.0 Å². The molecule has 0 spiro atoms. The number of rotatable bonds is 19. The van der Waals surface area contributed by atoms with Gasteiger partial charge in [0, 0.05) is 19.4 Å². The Balaban J connectivity index is 3.01. The van der Waals surface area contributed by atoms with Gasteiger partial charge in [0.25, 0.3) is 0 Å². The Bertz CT molecular complexity index is 1090. The molecule has 16 nitrogen and oxygen atoms in total. The van der Waals surface area contributed by atoms with Crippen LogP contribution in [-0.2, 0) is 35.2 Å². The molecule has 0 aliphatic heterocycles. The normalized spacial score (nSPS) is 13.5. The van der Waals surface area contributed by atoms with Crippen LogP contribution in [0.4, 0.5) is 0 Å². The second kappa shape index (κ2) is 17.8. The summed E-state index contributed by atoms with van der Waals surface area (Å²) in [4.78, 5) is 76.4. The minimum atomic E-state index is -1.51. The van der Waals surface area contributed by atoms with Gasteiger partial charge in [0.05, 0.1) is 6.04 Å². The first-order chi connectivity index (χ1) is 19.3. The Morgan fingerprint density at radius 1 is 0.732 bits per heavy atom. The number of hydrogen-bond donors (Lipinski definition) is 9. The van der Waals surface area contributed by atoms with Crippen LogP contribution in [-0.4, -0.2) is 87.6 Å². The van der Waals surface area contributed by atoms with E-state index >= 15 is 0 Å². The highest BCUT2D eigenvalue weighted by molar-refractivity contribution is 5.94. The standard InChI is InChI=1S/C25H37N7O9/c26-15(13-14-5-2-1-3-6-14)21(37)30-16(8-10-19(33)34)22(38)31-17(9-11-20(35)36)23(39)32-18(24(40)41)7-4-12-29-25(27)28/h1-3,5-6,15-18H,4,7-13,26H2,(H,30,37)(H,31,38)(H,32,39)(H,33,34)(H,35,36)(H,40,41)(H4,27,28,29). The van der Waals surface area contributed by atoms with E-state index in [1.807, 2.05) is 0 Å². The summed E-state index contributed by atoms with van der Waals surface area (Å²) in [6, 6.07) is 3.35. The third-order valence-electron chi connectivity index (χ3n) is 5.75. The number of aliphatic imine (C=N–C) groups is 1. The van der Waals surface area contributed by atoms with E-state index in [0.29, 0.717) is 0 Å². The minimum absolute atomic E-state index is 0.0754. The molecular weight excluding hydrogens is 542 g/mol. The van der Waals surface area contributed by atoms with Crippen LogP contribution in [0.15, 0.2) is 35.3 Å². The number of aliphatic carboxylic acids is 3. The minimum Gasteiger partial charge on any atom is -0.481 e. The van der Waals surface area contributed by atoms with Crippen LogP contribution in [0.1, 0.15) is 44.1 Å². The molecule has 0 fully saturated rings. The van der Waals surface area contributed by atoms with Crippen LogP contribution in [0.2, 0.25) is 0 Å². The summed E-state index contributed by atoms with van der Waals surface area (Å²) >= 11 is 0. The predicted molar refractivity (Wildman–Crippen MR) is 145 cm³/mol. The fourth-order valence-electron chi connectivity index (χ4n) is 3.62. The molecule has 0 saturated heterocycles. The number of nitrogens with zero attached hydrogens (tertiary/aromatic N) is 1. The highest BCUT2D eigenvalue weighted by Gasteiger charge is 2.31. The summed E-state index contributed by atoms with van der Waals surface area (Å²) in [6.45, 7) is 0.0958. The van der Waals surface area contributed by atoms with Gasteiger partial charge in [-0.05, 0) is 37.7 Å². The van der Waals surface area contributed by atoms with Crippen molar-refractivity contribution in [3.05, 3.63) is 35.9 Å². The van der Waals surface area contributed by atoms with Crippen molar-refractivity contribution in [3.63, 3.8) is 0 Å². The van der Waals surface area contributed by atoms with Crippen molar-refractivity contribution in [3.8, 4) is 0 Å². The topological polar surface area (TPSA) is 290 Å². The maximum Gasteiger partial charge on any atom is 0.326 e. The number of guanidine groups is 1. The number of nitrogens with one attached hydrogen (secondary N) is 3. The zero-order valence-electron chi connectivity index (χ0n) is 22.3. The van der Waals surface area contributed by atoms with Crippen molar-refractivity contribution in [2.75, 3.05) is 6.54 Å². The van der Waals surface area contributed by atoms with Crippen LogP contribution in [0.3, 0.4) is 0 Å². The summed E-state index contributed by atoms with van der Waals surface area (Å²) in [7, 11) is 0. The third-order valence-corrected chi connectivity index (χ3v) is 5.75. The fraction of sp³-hybridized carbons (Fsp3) is 0.480. The Kier molecular flexibility index (Phi) is 14.9. The van der Waals surface area contributed by atoms with E-state index in [4.69, 9.17) is 27.4 Å². The molecule has 0 saturated carbocycles. The van der Waals surface area contributed by atoms with Gasteiger partial charge in [0.2, 0.25) is 17.7 Å². The van der Waals surface area contributed by atoms with Crippen molar-refractivity contribution in [2.45, 2.75) is 69.1 Å². The lowest BCUT2D eigenvalue weighted by molar-refractivity contribution is -0.143. The van der Waals surface area contributed by atoms with Crippen LogP contribution >= 0.6 is 0 Å². The number of amides is 3. The zero-order chi connectivity index (χ0) is 30.9. The maximum atomic E-state index is 13.1. The maximum absolute atomic E-state index is 13.1. The molecule has 12 N–H and O–H groups in total. The predicted octanol–water partition coefficient (Wildman–Crippen LogP) is -2.12. The summed E-state index contributed by atoms with van der Waals surface area (Å²) in [5.74, 6) is -6.83. The molecular formula is C25H37N7O9. The van der Waals surface area contributed by atoms with Crippen molar-refractivity contribution < 1.29 is 44.1 Å². The number of carbonyl (C=O) groups excluding carboxylic acids is 3. The second-order valence-corrected chi connectivity index (χ2v) is 9.13. The second-order valence-electron chi connectivity index (χ2n) is 9.13. The highest BCUT2D eigenvalue weighted by Crippen LogP contribution is 2.07. The Labute approximate surface area is 235 Å². The van der Waals surface area contributed by atoms with E-state index in [1.165, 1.54) is 0 Å². The van der Waals surface area contributed by atoms with E-state index in [-0.39, 0.29) is 38.2 Å². The average Bonchev–Trinajstić information content (AvgIpc) is 2.90. The van der Waals surface area contributed by atoms with Crippen LogP contribution in [0.25, 0.3) is 0 Å². The first-order valence-corrected chi connectivity index (χ1v) is 12.7. The van der Waals surface area contributed by atoms with E-state index < -0.39 is 79.1 Å². The molecule has 1 aromatic rings. The quantitative estimate of drug-likeness (QED) is 0.0483. The molecule has 226 valence electrons. The van der Waals surface area contributed by atoms with E-state index in [9.17, 15) is 33.9 Å². The van der Waals surface area contributed by atoms with E-state index in [1.54, 1.807) is 30.3 Å². The lowest BCUT2D eigenvalue weighted by atomic mass is 10.0. The number of carboxylic acid groups (broad SMARTS) is 3. The lowest BCUT2D eigenvalue weighted by Crippen LogP contribution is -2.57. The fourth-order valence-corrected chi connectivity index (χ4v) is 3.62. The van der Waals surface area contributed by atoms with Gasteiger partial charge in [-0.2, -0.15) is 0 Å². The van der Waals surface area contributed by atoms with Gasteiger partial charge in [-0.15, -0.1) is 0 Å². The van der Waals surface area contributed by atoms with Gasteiger partial charge in [-0.1, -0.05) is 30.3 Å². The molecule has 4 unspecified atom stereocenters. The number of benzene rings is 1. The number of hydrogen-bond acceptors (Lipinski definition) is 8. The molecule has 1 aromatic carbocycles. The highest BCUT2D eigenvalue weighted by atomic mass is 16.4. The molecule has 0 bridgehead atoms. The molecule has 0 radical (unpaired) electrons. The number of carboxylic acids is 3. The van der Waals surface area contributed by atoms with Crippen molar-refractivity contribution >= 4 is 41.6 Å². The average molecular weight is 580 g/mol. The van der Waals surface area contributed by atoms with Crippen LogP contribution in [0, 0.1) is 0 Å². The van der Waals surface area contributed by atoms with Gasteiger partial charge >= 0.3 is 17.9 Å². The molecule has 1 rings (SSSR count). The van der Waals surface area contributed by atoms with Gasteiger partial charge in [0.1, 0.15) is 18.1 Å². The molecule has 0 aliphatic carbocycles. The van der Waals surface area contributed by atoms with E-state index in [0.717, 1.165) is 5.56 Å².